The van der Waals surface area contributed by atoms with E-state index in [2.05, 4.69) is 5.10 Å². The largest absolute Gasteiger partial charge is 0.456 e. The molecule has 0 N–H and O–H groups in total. The number of carbonyl (C=O) groups is 1. The van der Waals surface area contributed by atoms with Crippen LogP contribution in [-0.2, 0) is 18.4 Å². The zero-order valence-electron chi connectivity index (χ0n) is 10.5. The third-order valence-corrected chi connectivity index (χ3v) is 3.26. The van der Waals surface area contributed by atoms with Gasteiger partial charge in [0.1, 0.15) is 6.61 Å². The van der Waals surface area contributed by atoms with Crippen LogP contribution in [0.3, 0.4) is 0 Å². The van der Waals surface area contributed by atoms with E-state index in [1.807, 2.05) is 0 Å². The van der Waals surface area contributed by atoms with Gasteiger partial charge in [-0.15, -0.1) is 0 Å². The van der Waals surface area contributed by atoms with E-state index < -0.39 is 5.97 Å². The molecule has 1 aromatic carbocycles. The Balaban J connectivity index is 2.06. The molecule has 0 atom stereocenters. The molecule has 1 heterocycles. The van der Waals surface area contributed by atoms with Crippen molar-refractivity contribution in [3.63, 3.8) is 0 Å². The molecule has 2 rings (SSSR count). The van der Waals surface area contributed by atoms with Gasteiger partial charge in [0.2, 0.25) is 0 Å². The minimum absolute atomic E-state index is 0.0419. The van der Waals surface area contributed by atoms with E-state index in [-0.39, 0.29) is 17.9 Å². The fourth-order valence-corrected chi connectivity index (χ4v) is 1.78. The predicted octanol–water partition coefficient (Wildman–Crippen LogP) is 2.44. The number of nitrogens with zero attached hydrogens (tertiary/aromatic N) is 2. The zero-order chi connectivity index (χ0) is 14.7. The lowest BCUT2D eigenvalue weighted by Crippen LogP contribution is -2.21. The van der Waals surface area contributed by atoms with Crippen LogP contribution in [0.15, 0.2) is 35.1 Å². The average molecular weight is 313 g/mol. The van der Waals surface area contributed by atoms with Gasteiger partial charge in [0, 0.05) is 13.1 Å². The molecule has 0 amide bonds. The smallest absolute Gasteiger partial charge is 0.359 e. The summed E-state index contributed by atoms with van der Waals surface area (Å²) in [5.74, 6) is -0.619. The Morgan fingerprint density at radius 2 is 2.00 bits per heavy atom. The lowest BCUT2D eigenvalue weighted by atomic mass is 10.2. The van der Waals surface area contributed by atoms with Crippen molar-refractivity contribution in [2.24, 2.45) is 7.05 Å². The topological polar surface area (TPSA) is 61.2 Å². The molecule has 20 heavy (non-hydrogen) atoms. The quantitative estimate of drug-likeness (QED) is 0.817. The van der Waals surface area contributed by atoms with Gasteiger partial charge in [-0.25, -0.2) is 9.48 Å². The monoisotopic (exact) mass is 312 g/mol. The third kappa shape index (κ3) is 3.37. The molecule has 0 saturated heterocycles. The highest BCUT2D eigenvalue weighted by Crippen LogP contribution is 2.22. The molecule has 0 aliphatic rings. The number of hydrogen-bond donors (Lipinski definition) is 0. The highest BCUT2D eigenvalue weighted by molar-refractivity contribution is 6.42. The van der Waals surface area contributed by atoms with Crippen molar-refractivity contribution in [1.29, 1.82) is 0 Å². The predicted molar refractivity (Wildman–Crippen MR) is 75.1 cm³/mol. The summed E-state index contributed by atoms with van der Waals surface area (Å²) in [4.78, 5) is 22.9. The Morgan fingerprint density at radius 1 is 1.25 bits per heavy atom. The molecule has 0 fully saturated rings. The van der Waals surface area contributed by atoms with Gasteiger partial charge in [0.25, 0.3) is 5.56 Å². The molecule has 0 aliphatic heterocycles. The molecule has 5 nitrogen and oxygen atoms in total. The van der Waals surface area contributed by atoms with Crippen molar-refractivity contribution in [1.82, 2.24) is 9.78 Å². The van der Waals surface area contributed by atoms with Gasteiger partial charge >= 0.3 is 5.97 Å². The summed E-state index contributed by atoms with van der Waals surface area (Å²) in [6, 6.07) is 7.51. The Morgan fingerprint density at radius 3 is 2.65 bits per heavy atom. The van der Waals surface area contributed by atoms with E-state index >= 15 is 0 Å². The number of carbonyl (C=O) groups excluding carboxylic acids is 1. The first-order chi connectivity index (χ1) is 9.47. The summed E-state index contributed by atoms with van der Waals surface area (Å²) < 4.78 is 6.15. The van der Waals surface area contributed by atoms with Crippen LogP contribution in [0.25, 0.3) is 0 Å². The van der Waals surface area contributed by atoms with Crippen molar-refractivity contribution in [3.8, 4) is 0 Å². The van der Waals surface area contributed by atoms with Crippen molar-refractivity contribution in [3.05, 3.63) is 62.0 Å². The summed E-state index contributed by atoms with van der Waals surface area (Å²) in [6.07, 6.45) is 0. The first-order valence-corrected chi connectivity index (χ1v) is 6.38. The first-order valence-electron chi connectivity index (χ1n) is 5.63. The van der Waals surface area contributed by atoms with Gasteiger partial charge < -0.3 is 4.74 Å². The van der Waals surface area contributed by atoms with Gasteiger partial charge in [0.15, 0.2) is 5.69 Å². The zero-order valence-corrected chi connectivity index (χ0v) is 12.0. The molecule has 104 valence electrons. The maximum atomic E-state index is 11.8. The maximum Gasteiger partial charge on any atom is 0.359 e. The molecule has 2 aromatic rings. The van der Waals surface area contributed by atoms with E-state index in [0.717, 1.165) is 4.68 Å². The van der Waals surface area contributed by atoms with E-state index in [9.17, 15) is 9.59 Å². The summed E-state index contributed by atoms with van der Waals surface area (Å²) >= 11 is 11.7. The Kier molecular flexibility index (Phi) is 4.42. The van der Waals surface area contributed by atoms with Crippen LogP contribution in [0.1, 0.15) is 16.1 Å². The summed E-state index contributed by atoms with van der Waals surface area (Å²) in [6.45, 7) is 0.0419. The van der Waals surface area contributed by atoms with E-state index in [0.29, 0.717) is 15.6 Å². The van der Waals surface area contributed by atoms with Crippen molar-refractivity contribution < 1.29 is 9.53 Å². The van der Waals surface area contributed by atoms with Gasteiger partial charge in [-0.3, -0.25) is 4.79 Å². The second-order valence-corrected chi connectivity index (χ2v) is 4.82. The average Bonchev–Trinajstić information content (AvgIpc) is 2.43. The van der Waals surface area contributed by atoms with Crippen LogP contribution in [0.2, 0.25) is 10.0 Å². The van der Waals surface area contributed by atoms with E-state index in [1.165, 1.54) is 19.2 Å². The molecule has 1 aromatic heterocycles. The van der Waals surface area contributed by atoms with Crippen molar-refractivity contribution in [2.45, 2.75) is 6.61 Å². The molecular weight excluding hydrogens is 303 g/mol. The fraction of sp³-hybridized carbons (Fsp3) is 0.154. The first kappa shape index (κ1) is 14.6. The molecule has 7 heteroatoms. The summed E-state index contributed by atoms with van der Waals surface area (Å²) in [7, 11) is 1.46. The van der Waals surface area contributed by atoms with Crippen LogP contribution in [0.4, 0.5) is 0 Å². The Bertz CT molecular complexity index is 713. The number of ether oxygens (including phenoxy) is 1. The minimum atomic E-state index is -0.619. The molecule has 0 spiro atoms. The number of hydrogen-bond acceptors (Lipinski definition) is 4. The van der Waals surface area contributed by atoms with E-state index in [4.69, 9.17) is 27.9 Å². The van der Waals surface area contributed by atoms with Crippen LogP contribution < -0.4 is 5.56 Å². The van der Waals surface area contributed by atoms with Crippen LogP contribution >= 0.6 is 23.2 Å². The SMILES string of the molecule is Cn1nc(C(=O)OCc2ccc(Cl)c(Cl)c2)ccc1=O. The Hall–Kier alpha value is -1.85. The molecule has 0 bridgehead atoms. The number of aromatic nitrogens is 2. The number of rotatable bonds is 3. The molecule has 0 radical (unpaired) electrons. The summed E-state index contributed by atoms with van der Waals surface area (Å²) in [5, 5.41) is 4.62. The van der Waals surface area contributed by atoms with Gasteiger partial charge in [-0.05, 0) is 23.8 Å². The number of benzene rings is 1. The highest BCUT2D eigenvalue weighted by atomic mass is 35.5. The van der Waals surface area contributed by atoms with Crippen LogP contribution in [0.5, 0.6) is 0 Å². The van der Waals surface area contributed by atoms with E-state index in [1.54, 1.807) is 18.2 Å². The normalized spacial score (nSPS) is 10.3. The second-order valence-electron chi connectivity index (χ2n) is 4.01. The lowest BCUT2D eigenvalue weighted by Gasteiger charge is -2.06. The Labute approximate surface area is 124 Å². The minimum Gasteiger partial charge on any atom is -0.456 e. The van der Waals surface area contributed by atoms with Crippen molar-refractivity contribution in [2.75, 3.05) is 0 Å². The number of esters is 1. The summed E-state index contributed by atoms with van der Waals surface area (Å²) in [5.41, 5.74) is 0.468. The standard InChI is InChI=1S/C13H10Cl2N2O3/c1-17-12(18)5-4-11(16-17)13(19)20-7-8-2-3-9(14)10(15)6-8/h2-6H,7H2,1H3. The third-order valence-electron chi connectivity index (χ3n) is 2.52. The van der Waals surface area contributed by atoms with Crippen LogP contribution in [-0.4, -0.2) is 15.7 Å². The second kappa shape index (κ2) is 6.07. The number of halogens is 2. The molecule has 0 aliphatic carbocycles. The molecule has 0 saturated carbocycles. The van der Waals surface area contributed by atoms with Gasteiger partial charge in [0.05, 0.1) is 10.0 Å². The van der Waals surface area contributed by atoms with Gasteiger partial charge in [-0.2, -0.15) is 5.10 Å². The lowest BCUT2D eigenvalue weighted by molar-refractivity contribution is 0.0463. The fourth-order valence-electron chi connectivity index (χ4n) is 1.46. The van der Waals surface area contributed by atoms with Gasteiger partial charge in [-0.1, -0.05) is 29.3 Å². The maximum absolute atomic E-state index is 11.8. The number of aryl methyl sites for hydroxylation is 1. The van der Waals surface area contributed by atoms with Crippen LogP contribution in [0, 0.1) is 0 Å². The molecular formula is C13H10Cl2N2O3. The van der Waals surface area contributed by atoms with Crippen molar-refractivity contribution >= 4 is 29.2 Å². The highest BCUT2D eigenvalue weighted by Gasteiger charge is 2.10. The molecule has 0 unspecified atom stereocenters.